The molecular formula is C13H10OS. The average Bonchev–Trinajstić information content (AvgIpc) is 2.52. The summed E-state index contributed by atoms with van der Waals surface area (Å²) < 4.78 is 1.16. The van der Waals surface area contributed by atoms with Crippen LogP contribution in [0.3, 0.4) is 0 Å². The first-order valence-corrected chi connectivity index (χ1v) is 5.68. The molecule has 0 aliphatic rings. The Morgan fingerprint density at radius 3 is 2.47 bits per heavy atom. The molecule has 0 amide bonds. The molecule has 0 bridgehead atoms. The minimum atomic E-state index is 0.431. The second-order valence-corrected chi connectivity index (χ2v) is 4.96. The third kappa shape index (κ3) is 1.22. The van der Waals surface area contributed by atoms with Crippen LogP contribution in [0.4, 0.5) is 0 Å². The van der Waals surface area contributed by atoms with Crippen molar-refractivity contribution in [2.75, 3.05) is 0 Å². The zero-order valence-corrected chi connectivity index (χ0v) is 9.14. The lowest BCUT2D eigenvalue weighted by Crippen LogP contribution is -1.71. The minimum absolute atomic E-state index is 0.431. The Kier molecular flexibility index (Phi) is 1.73. The largest absolute Gasteiger partial charge is 0.506 e. The molecular weight excluding hydrogens is 204 g/mol. The van der Waals surface area contributed by atoms with Crippen LogP contribution in [0.25, 0.3) is 20.9 Å². The fourth-order valence-corrected chi connectivity index (χ4v) is 2.88. The smallest absolute Gasteiger partial charge is 0.137 e. The van der Waals surface area contributed by atoms with Gasteiger partial charge in [0, 0.05) is 15.0 Å². The van der Waals surface area contributed by atoms with E-state index in [-0.39, 0.29) is 0 Å². The zero-order chi connectivity index (χ0) is 10.4. The first kappa shape index (κ1) is 8.74. The Hall–Kier alpha value is -1.54. The quantitative estimate of drug-likeness (QED) is 0.598. The molecule has 74 valence electrons. The molecule has 0 unspecified atom stereocenters. The molecule has 3 aromatic rings. The molecule has 0 spiro atoms. The summed E-state index contributed by atoms with van der Waals surface area (Å²) in [5, 5.41) is 13.2. The summed E-state index contributed by atoms with van der Waals surface area (Å²) in [6, 6.07) is 12.4. The predicted molar refractivity (Wildman–Crippen MR) is 65.7 cm³/mol. The fourth-order valence-electron chi connectivity index (χ4n) is 1.89. The lowest BCUT2D eigenvalue weighted by molar-refractivity contribution is 0.480. The minimum Gasteiger partial charge on any atom is -0.506 e. The lowest BCUT2D eigenvalue weighted by atomic mass is 10.1. The molecule has 0 aliphatic heterocycles. The van der Waals surface area contributed by atoms with Gasteiger partial charge in [-0.05, 0) is 29.8 Å². The van der Waals surface area contributed by atoms with Crippen LogP contribution in [-0.4, -0.2) is 5.11 Å². The van der Waals surface area contributed by atoms with Crippen molar-refractivity contribution in [3.8, 4) is 5.75 Å². The monoisotopic (exact) mass is 214 g/mol. The molecule has 1 nitrogen and oxygen atoms in total. The topological polar surface area (TPSA) is 20.2 Å². The zero-order valence-electron chi connectivity index (χ0n) is 8.32. The van der Waals surface area contributed by atoms with Crippen LogP contribution in [0.1, 0.15) is 4.88 Å². The summed E-state index contributed by atoms with van der Waals surface area (Å²) in [5.74, 6) is 0.431. The molecule has 0 saturated carbocycles. The van der Waals surface area contributed by atoms with E-state index in [2.05, 4.69) is 24.3 Å². The van der Waals surface area contributed by atoms with Crippen molar-refractivity contribution in [2.24, 2.45) is 0 Å². The lowest BCUT2D eigenvalue weighted by Gasteiger charge is -1.97. The molecule has 0 saturated heterocycles. The van der Waals surface area contributed by atoms with E-state index in [1.54, 1.807) is 11.3 Å². The molecule has 3 rings (SSSR count). The van der Waals surface area contributed by atoms with Crippen LogP contribution >= 0.6 is 11.3 Å². The van der Waals surface area contributed by atoms with Crippen molar-refractivity contribution in [3.05, 3.63) is 41.3 Å². The molecule has 1 heterocycles. The summed E-state index contributed by atoms with van der Waals surface area (Å²) in [5.41, 5.74) is 0. The van der Waals surface area contributed by atoms with Crippen molar-refractivity contribution >= 4 is 32.2 Å². The maximum atomic E-state index is 9.87. The summed E-state index contributed by atoms with van der Waals surface area (Å²) in [6.07, 6.45) is 0. The van der Waals surface area contributed by atoms with Gasteiger partial charge >= 0.3 is 0 Å². The number of benzene rings is 2. The number of hydrogen-bond acceptors (Lipinski definition) is 2. The summed E-state index contributed by atoms with van der Waals surface area (Å²) in [4.78, 5) is 0.986. The van der Waals surface area contributed by atoms with Crippen molar-refractivity contribution < 1.29 is 5.11 Å². The first-order chi connectivity index (χ1) is 7.25. The van der Waals surface area contributed by atoms with Gasteiger partial charge in [0.05, 0.1) is 0 Å². The fraction of sp³-hybridized carbons (Fsp3) is 0.0769. The highest BCUT2D eigenvalue weighted by molar-refractivity contribution is 7.19. The van der Waals surface area contributed by atoms with Crippen LogP contribution < -0.4 is 0 Å². The molecule has 0 radical (unpaired) electrons. The number of aromatic hydroxyl groups is 1. The van der Waals surface area contributed by atoms with Crippen molar-refractivity contribution in [1.82, 2.24) is 0 Å². The Morgan fingerprint density at radius 2 is 1.73 bits per heavy atom. The standard InChI is InChI=1S/C13H10OS/c1-8-13(14)11-6-9-4-2-3-5-10(9)7-12(11)15-8/h2-7,14H,1H3. The molecule has 2 heteroatoms. The maximum Gasteiger partial charge on any atom is 0.137 e. The molecule has 1 N–H and O–H groups in total. The summed E-state index contributed by atoms with van der Waals surface area (Å²) in [7, 11) is 0. The number of aryl methyl sites for hydroxylation is 1. The van der Waals surface area contributed by atoms with Crippen LogP contribution in [0.2, 0.25) is 0 Å². The van der Waals surface area contributed by atoms with Crippen LogP contribution in [0.5, 0.6) is 5.75 Å². The highest BCUT2D eigenvalue weighted by atomic mass is 32.1. The average molecular weight is 214 g/mol. The molecule has 0 fully saturated rings. The van der Waals surface area contributed by atoms with Crippen LogP contribution in [0.15, 0.2) is 36.4 Å². The van der Waals surface area contributed by atoms with E-state index in [1.807, 2.05) is 19.1 Å². The predicted octanol–water partition coefficient (Wildman–Crippen LogP) is 4.07. The summed E-state index contributed by atoms with van der Waals surface area (Å²) in [6.45, 7) is 1.95. The van der Waals surface area contributed by atoms with Gasteiger partial charge in [-0.15, -0.1) is 11.3 Å². The van der Waals surface area contributed by atoms with Gasteiger partial charge in [0.15, 0.2) is 0 Å². The van der Waals surface area contributed by atoms with E-state index in [1.165, 1.54) is 10.8 Å². The van der Waals surface area contributed by atoms with Gasteiger partial charge in [-0.25, -0.2) is 0 Å². The third-order valence-corrected chi connectivity index (χ3v) is 3.76. The van der Waals surface area contributed by atoms with E-state index in [4.69, 9.17) is 0 Å². The van der Waals surface area contributed by atoms with Gasteiger partial charge in [0.1, 0.15) is 5.75 Å². The van der Waals surface area contributed by atoms with E-state index >= 15 is 0 Å². The summed E-state index contributed by atoms with van der Waals surface area (Å²) >= 11 is 1.64. The van der Waals surface area contributed by atoms with Gasteiger partial charge in [-0.3, -0.25) is 0 Å². The number of rotatable bonds is 0. The molecule has 1 aromatic heterocycles. The van der Waals surface area contributed by atoms with E-state index in [0.29, 0.717) is 5.75 Å². The highest BCUT2D eigenvalue weighted by Crippen LogP contribution is 2.38. The van der Waals surface area contributed by atoms with Gasteiger partial charge in [-0.1, -0.05) is 24.3 Å². The van der Waals surface area contributed by atoms with Crippen molar-refractivity contribution in [1.29, 1.82) is 0 Å². The number of fused-ring (bicyclic) bond motifs is 2. The second kappa shape index (κ2) is 2.97. The van der Waals surface area contributed by atoms with E-state index < -0.39 is 0 Å². The Bertz CT molecular complexity index is 652. The van der Waals surface area contributed by atoms with Crippen LogP contribution in [-0.2, 0) is 0 Å². The second-order valence-electron chi connectivity index (χ2n) is 3.70. The van der Waals surface area contributed by atoms with Gasteiger partial charge < -0.3 is 5.11 Å². The van der Waals surface area contributed by atoms with Gasteiger partial charge in [0.2, 0.25) is 0 Å². The molecule has 0 atom stereocenters. The van der Waals surface area contributed by atoms with E-state index in [9.17, 15) is 5.11 Å². The van der Waals surface area contributed by atoms with Gasteiger partial charge in [0.25, 0.3) is 0 Å². The van der Waals surface area contributed by atoms with Gasteiger partial charge in [-0.2, -0.15) is 0 Å². The Morgan fingerprint density at radius 1 is 1.07 bits per heavy atom. The Balaban J connectivity index is 2.53. The number of thiophene rings is 1. The molecule has 0 aliphatic carbocycles. The van der Waals surface area contributed by atoms with Crippen molar-refractivity contribution in [3.63, 3.8) is 0 Å². The first-order valence-electron chi connectivity index (χ1n) is 4.86. The van der Waals surface area contributed by atoms with E-state index in [0.717, 1.165) is 15.0 Å². The third-order valence-electron chi connectivity index (χ3n) is 2.70. The molecule has 2 aromatic carbocycles. The highest BCUT2D eigenvalue weighted by Gasteiger charge is 2.07. The maximum absolute atomic E-state index is 9.87. The van der Waals surface area contributed by atoms with Crippen LogP contribution in [0, 0.1) is 6.92 Å². The Labute approximate surface area is 91.6 Å². The molecule has 15 heavy (non-hydrogen) atoms. The normalized spacial score (nSPS) is 11.3. The number of hydrogen-bond donors (Lipinski definition) is 1. The SMILES string of the molecule is Cc1sc2cc3ccccc3cc2c1O. The van der Waals surface area contributed by atoms with Crippen molar-refractivity contribution in [2.45, 2.75) is 6.92 Å².